The number of hydrogen-bond acceptors (Lipinski definition) is 2. The first kappa shape index (κ1) is 14.6. The number of nitrogens with zero attached hydrogens (tertiary/aromatic N) is 1. The standard InChI is InChI=1S/C18H26N2O/c1-14-7-6-8-16(15(14)2)17(21)20-12-11-19-13-18(20)9-4-3-5-10-18/h6-8,19H,3-5,9-13H2,1-2H3. The third kappa shape index (κ3) is 2.59. The summed E-state index contributed by atoms with van der Waals surface area (Å²) in [5, 5.41) is 3.51. The molecule has 1 spiro atoms. The molecule has 0 unspecified atom stereocenters. The molecule has 0 atom stereocenters. The minimum atomic E-state index is 0.0593. The van der Waals surface area contributed by atoms with Gasteiger partial charge in [0.2, 0.25) is 0 Å². The molecular formula is C18H26N2O. The maximum atomic E-state index is 13.1. The van der Waals surface area contributed by atoms with Gasteiger partial charge in [0.15, 0.2) is 0 Å². The lowest BCUT2D eigenvalue weighted by atomic mass is 9.78. The Morgan fingerprint density at radius 3 is 2.71 bits per heavy atom. The van der Waals surface area contributed by atoms with Gasteiger partial charge in [0.25, 0.3) is 5.91 Å². The van der Waals surface area contributed by atoms with Gasteiger partial charge in [0.05, 0.1) is 5.54 Å². The van der Waals surface area contributed by atoms with Crippen molar-refractivity contribution in [1.82, 2.24) is 10.2 Å². The fourth-order valence-corrected chi connectivity index (χ4v) is 3.95. The molecule has 1 amide bonds. The van der Waals surface area contributed by atoms with E-state index < -0.39 is 0 Å². The smallest absolute Gasteiger partial charge is 0.254 e. The second-order valence-electron chi connectivity index (χ2n) is 6.67. The zero-order chi connectivity index (χ0) is 14.9. The van der Waals surface area contributed by atoms with Crippen molar-refractivity contribution in [3.05, 3.63) is 34.9 Å². The van der Waals surface area contributed by atoms with Gasteiger partial charge >= 0.3 is 0 Å². The Hall–Kier alpha value is -1.35. The molecule has 0 aromatic heterocycles. The van der Waals surface area contributed by atoms with Crippen molar-refractivity contribution in [1.29, 1.82) is 0 Å². The Labute approximate surface area is 127 Å². The van der Waals surface area contributed by atoms with E-state index in [4.69, 9.17) is 0 Å². The van der Waals surface area contributed by atoms with E-state index in [9.17, 15) is 4.79 Å². The average Bonchev–Trinajstić information content (AvgIpc) is 2.51. The van der Waals surface area contributed by atoms with Crippen molar-refractivity contribution in [3.63, 3.8) is 0 Å². The fraction of sp³-hybridized carbons (Fsp3) is 0.611. The second-order valence-corrected chi connectivity index (χ2v) is 6.67. The Kier molecular flexibility index (Phi) is 4.03. The van der Waals surface area contributed by atoms with E-state index >= 15 is 0 Å². The number of aryl methyl sites for hydroxylation is 1. The zero-order valence-electron chi connectivity index (χ0n) is 13.2. The van der Waals surface area contributed by atoms with Gasteiger partial charge in [0.1, 0.15) is 0 Å². The van der Waals surface area contributed by atoms with Crippen molar-refractivity contribution in [2.45, 2.75) is 51.5 Å². The van der Waals surface area contributed by atoms with Gasteiger partial charge in [-0.1, -0.05) is 31.4 Å². The summed E-state index contributed by atoms with van der Waals surface area (Å²) in [5.74, 6) is 0.236. The Morgan fingerprint density at radius 1 is 1.19 bits per heavy atom. The van der Waals surface area contributed by atoms with Crippen molar-refractivity contribution in [2.24, 2.45) is 0 Å². The van der Waals surface area contributed by atoms with Crippen LogP contribution < -0.4 is 5.32 Å². The number of carbonyl (C=O) groups excluding carboxylic acids is 1. The summed E-state index contributed by atoms with van der Waals surface area (Å²) < 4.78 is 0. The lowest BCUT2D eigenvalue weighted by Gasteiger charge is -2.50. The summed E-state index contributed by atoms with van der Waals surface area (Å²) in [4.78, 5) is 15.3. The van der Waals surface area contributed by atoms with Crippen LogP contribution in [-0.2, 0) is 0 Å². The van der Waals surface area contributed by atoms with E-state index in [2.05, 4.69) is 30.1 Å². The SMILES string of the molecule is Cc1cccc(C(=O)N2CCNCC23CCCCC3)c1C. The molecule has 3 nitrogen and oxygen atoms in total. The molecule has 114 valence electrons. The predicted octanol–water partition coefficient (Wildman–Crippen LogP) is 3.05. The number of benzene rings is 1. The van der Waals surface area contributed by atoms with Crippen molar-refractivity contribution in [2.75, 3.05) is 19.6 Å². The summed E-state index contributed by atoms with van der Waals surface area (Å²) in [5.41, 5.74) is 3.28. The number of amides is 1. The summed E-state index contributed by atoms with van der Waals surface area (Å²) in [6.45, 7) is 6.87. The average molecular weight is 286 g/mol. The highest BCUT2D eigenvalue weighted by atomic mass is 16.2. The molecule has 1 heterocycles. The minimum absolute atomic E-state index is 0.0593. The van der Waals surface area contributed by atoms with E-state index in [0.717, 1.165) is 43.6 Å². The van der Waals surface area contributed by atoms with Crippen LogP contribution in [0.3, 0.4) is 0 Å². The van der Waals surface area contributed by atoms with Crippen LogP contribution in [-0.4, -0.2) is 36.0 Å². The largest absolute Gasteiger partial charge is 0.330 e. The van der Waals surface area contributed by atoms with Crippen LogP contribution in [0.5, 0.6) is 0 Å². The lowest BCUT2D eigenvalue weighted by molar-refractivity contribution is 0.0222. The van der Waals surface area contributed by atoms with E-state index in [0.29, 0.717) is 0 Å². The minimum Gasteiger partial charge on any atom is -0.330 e. The van der Waals surface area contributed by atoms with Crippen molar-refractivity contribution in [3.8, 4) is 0 Å². The maximum absolute atomic E-state index is 13.1. The topological polar surface area (TPSA) is 32.3 Å². The molecule has 2 fully saturated rings. The summed E-state index contributed by atoms with van der Waals surface area (Å²) in [6, 6.07) is 6.08. The third-order valence-electron chi connectivity index (χ3n) is 5.40. The van der Waals surface area contributed by atoms with E-state index in [1.165, 1.54) is 24.8 Å². The Morgan fingerprint density at radius 2 is 1.95 bits per heavy atom. The summed E-state index contributed by atoms with van der Waals surface area (Å²) in [6.07, 6.45) is 6.11. The number of rotatable bonds is 1. The maximum Gasteiger partial charge on any atom is 0.254 e. The van der Waals surface area contributed by atoms with Gasteiger partial charge in [-0.15, -0.1) is 0 Å². The van der Waals surface area contributed by atoms with Gasteiger partial charge in [0, 0.05) is 25.2 Å². The molecule has 2 aliphatic rings. The van der Waals surface area contributed by atoms with Crippen LogP contribution in [0.2, 0.25) is 0 Å². The van der Waals surface area contributed by atoms with Crippen molar-refractivity contribution < 1.29 is 4.79 Å². The van der Waals surface area contributed by atoms with E-state index in [1.807, 2.05) is 12.1 Å². The Balaban J connectivity index is 1.92. The lowest BCUT2D eigenvalue weighted by Crippen LogP contribution is -2.63. The van der Waals surface area contributed by atoms with Crippen LogP contribution in [0.4, 0.5) is 0 Å². The fourth-order valence-electron chi connectivity index (χ4n) is 3.95. The number of hydrogen-bond donors (Lipinski definition) is 1. The van der Waals surface area contributed by atoms with Crippen LogP contribution >= 0.6 is 0 Å². The summed E-state index contributed by atoms with van der Waals surface area (Å²) in [7, 11) is 0. The molecule has 1 aromatic carbocycles. The highest BCUT2D eigenvalue weighted by Gasteiger charge is 2.42. The normalized spacial score (nSPS) is 21.5. The highest BCUT2D eigenvalue weighted by molar-refractivity contribution is 5.96. The third-order valence-corrected chi connectivity index (χ3v) is 5.40. The van der Waals surface area contributed by atoms with Crippen molar-refractivity contribution >= 4 is 5.91 Å². The molecular weight excluding hydrogens is 260 g/mol. The molecule has 3 heteroatoms. The molecule has 0 bridgehead atoms. The highest BCUT2D eigenvalue weighted by Crippen LogP contribution is 2.35. The van der Waals surface area contributed by atoms with Gasteiger partial charge < -0.3 is 10.2 Å². The van der Waals surface area contributed by atoms with Gasteiger partial charge in [-0.2, -0.15) is 0 Å². The van der Waals surface area contributed by atoms with Crippen LogP contribution in [0.15, 0.2) is 18.2 Å². The van der Waals surface area contributed by atoms with Crippen LogP contribution in [0.1, 0.15) is 53.6 Å². The van der Waals surface area contributed by atoms with Gasteiger partial charge in [-0.05, 0) is 43.9 Å². The number of piperazine rings is 1. The molecule has 1 aliphatic heterocycles. The molecule has 3 rings (SSSR count). The molecule has 21 heavy (non-hydrogen) atoms. The zero-order valence-corrected chi connectivity index (χ0v) is 13.2. The molecule has 1 saturated carbocycles. The first-order valence-electron chi connectivity index (χ1n) is 8.23. The van der Waals surface area contributed by atoms with Crippen LogP contribution in [0, 0.1) is 13.8 Å². The van der Waals surface area contributed by atoms with Gasteiger partial charge in [-0.25, -0.2) is 0 Å². The molecule has 1 N–H and O–H groups in total. The molecule has 1 saturated heterocycles. The number of carbonyl (C=O) groups is 1. The van der Waals surface area contributed by atoms with E-state index in [1.54, 1.807) is 0 Å². The molecule has 1 aliphatic carbocycles. The predicted molar refractivity (Wildman–Crippen MR) is 85.6 cm³/mol. The number of nitrogens with one attached hydrogen (secondary N) is 1. The quantitative estimate of drug-likeness (QED) is 0.860. The monoisotopic (exact) mass is 286 g/mol. The summed E-state index contributed by atoms with van der Waals surface area (Å²) >= 11 is 0. The van der Waals surface area contributed by atoms with Gasteiger partial charge in [-0.3, -0.25) is 4.79 Å². The molecule has 0 radical (unpaired) electrons. The Bertz CT molecular complexity index is 524. The van der Waals surface area contributed by atoms with E-state index in [-0.39, 0.29) is 11.4 Å². The molecule has 1 aromatic rings. The second kappa shape index (κ2) is 5.80. The van der Waals surface area contributed by atoms with Crippen LogP contribution in [0.25, 0.3) is 0 Å². The first-order chi connectivity index (χ1) is 10.1. The first-order valence-corrected chi connectivity index (χ1v) is 8.23.